The van der Waals surface area contributed by atoms with Gasteiger partial charge in [-0.25, -0.2) is 0 Å². The Hall–Kier alpha value is -1.29. The molecule has 0 aliphatic carbocycles. The highest BCUT2D eigenvalue weighted by Crippen LogP contribution is 2.06. The fraction of sp³-hybridized carbons (Fsp3) is 0.583. The van der Waals surface area contributed by atoms with Crippen LogP contribution in [0.1, 0.15) is 26.0 Å². The fourth-order valence-corrected chi connectivity index (χ4v) is 1.64. The Morgan fingerprint density at radius 1 is 1.50 bits per heavy atom. The number of hydrogen-bond donors (Lipinski definition) is 3. The molecule has 0 aromatic carbocycles. The van der Waals surface area contributed by atoms with Crippen LogP contribution in [0.3, 0.4) is 0 Å². The summed E-state index contributed by atoms with van der Waals surface area (Å²) in [5.41, 5.74) is 1.10. The van der Waals surface area contributed by atoms with Gasteiger partial charge in [0.25, 0.3) is 0 Å². The first-order valence-electron chi connectivity index (χ1n) is 5.70. The van der Waals surface area contributed by atoms with Crippen LogP contribution < -0.4 is 10.6 Å². The zero-order valence-electron chi connectivity index (χ0n) is 10.2. The molecule has 1 aromatic rings. The molecule has 1 unspecified atom stereocenters. The van der Waals surface area contributed by atoms with Crippen molar-refractivity contribution in [1.29, 1.82) is 0 Å². The van der Waals surface area contributed by atoms with Crippen molar-refractivity contribution in [2.75, 3.05) is 7.05 Å². The first-order chi connectivity index (χ1) is 7.63. The molecule has 1 aromatic heterocycles. The van der Waals surface area contributed by atoms with Crippen LogP contribution in [0.25, 0.3) is 0 Å². The highest BCUT2D eigenvalue weighted by Gasteiger charge is 2.17. The highest BCUT2D eigenvalue weighted by atomic mass is 16.2. The summed E-state index contributed by atoms with van der Waals surface area (Å²) in [5, 5.41) is 5.95. The quantitative estimate of drug-likeness (QED) is 0.680. The second-order valence-corrected chi connectivity index (χ2v) is 4.37. The summed E-state index contributed by atoms with van der Waals surface area (Å²) in [7, 11) is 1.67. The van der Waals surface area contributed by atoms with Crippen molar-refractivity contribution in [2.45, 2.75) is 32.9 Å². The summed E-state index contributed by atoms with van der Waals surface area (Å²) in [5.74, 6) is 0.554. The Kier molecular flexibility index (Phi) is 5.05. The van der Waals surface area contributed by atoms with Gasteiger partial charge in [-0.05, 0) is 24.5 Å². The zero-order chi connectivity index (χ0) is 12.0. The van der Waals surface area contributed by atoms with Gasteiger partial charge in [-0.15, -0.1) is 0 Å². The van der Waals surface area contributed by atoms with E-state index in [1.165, 1.54) is 0 Å². The maximum atomic E-state index is 11.6. The van der Waals surface area contributed by atoms with Crippen LogP contribution in [0.5, 0.6) is 0 Å². The van der Waals surface area contributed by atoms with Crippen LogP contribution in [-0.2, 0) is 11.3 Å². The summed E-state index contributed by atoms with van der Waals surface area (Å²) >= 11 is 0. The number of hydrogen-bond acceptors (Lipinski definition) is 2. The van der Waals surface area contributed by atoms with Crippen LogP contribution in [0.4, 0.5) is 0 Å². The van der Waals surface area contributed by atoms with E-state index in [9.17, 15) is 4.79 Å². The standard InChI is InChI=1S/C12H21N3O/c1-9(2)7-11(12(16)13-3)15-8-10-5-4-6-14-10/h4-6,9,11,14-15H,7-8H2,1-3H3,(H,13,16). The molecule has 0 radical (unpaired) electrons. The normalized spacial score (nSPS) is 12.8. The lowest BCUT2D eigenvalue weighted by molar-refractivity contribution is -0.123. The Morgan fingerprint density at radius 3 is 2.75 bits per heavy atom. The number of carbonyl (C=O) groups excluding carboxylic acids is 1. The second kappa shape index (κ2) is 6.33. The number of likely N-dealkylation sites (N-methyl/N-ethyl adjacent to an activating group) is 1. The molecule has 4 heteroatoms. The van der Waals surface area contributed by atoms with E-state index >= 15 is 0 Å². The lowest BCUT2D eigenvalue weighted by atomic mass is 10.0. The average Bonchev–Trinajstić information content (AvgIpc) is 2.75. The third-order valence-electron chi connectivity index (χ3n) is 2.47. The summed E-state index contributed by atoms with van der Waals surface area (Å²) in [4.78, 5) is 14.7. The van der Waals surface area contributed by atoms with Crippen molar-refractivity contribution >= 4 is 5.91 Å². The SMILES string of the molecule is CNC(=O)C(CC(C)C)NCc1ccc[nH]1. The molecule has 1 rings (SSSR count). The molecule has 3 N–H and O–H groups in total. The molecule has 0 saturated heterocycles. The number of aromatic nitrogens is 1. The van der Waals surface area contributed by atoms with Crippen molar-refractivity contribution in [2.24, 2.45) is 5.92 Å². The van der Waals surface area contributed by atoms with Gasteiger partial charge in [-0.2, -0.15) is 0 Å². The third kappa shape index (κ3) is 4.06. The van der Waals surface area contributed by atoms with Gasteiger partial charge in [-0.3, -0.25) is 4.79 Å². The molecule has 1 amide bonds. The van der Waals surface area contributed by atoms with Gasteiger partial charge in [0.15, 0.2) is 0 Å². The molecular formula is C12H21N3O. The fourth-order valence-electron chi connectivity index (χ4n) is 1.64. The van der Waals surface area contributed by atoms with Crippen molar-refractivity contribution in [3.8, 4) is 0 Å². The Morgan fingerprint density at radius 2 is 2.25 bits per heavy atom. The summed E-state index contributed by atoms with van der Waals surface area (Å²) in [6.07, 6.45) is 2.73. The first kappa shape index (κ1) is 12.8. The molecule has 1 heterocycles. The van der Waals surface area contributed by atoms with Crippen LogP contribution in [0.2, 0.25) is 0 Å². The smallest absolute Gasteiger partial charge is 0.236 e. The van der Waals surface area contributed by atoms with Gasteiger partial charge in [0.05, 0.1) is 6.04 Å². The Balaban J connectivity index is 2.46. The monoisotopic (exact) mass is 223 g/mol. The van der Waals surface area contributed by atoms with E-state index in [2.05, 4.69) is 29.5 Å². The molecule has 0 spiro atoms. The van der Waals surface area contributed by atoms with Crippen molar-refractivity contribution in [3.05, 3.63) is 24.0 Å². The van der Waals surface area contributed by atoms with Gasteiger partial charge in [0, 0.05) is 25.5 Å². The maximum absolute atomic E-state index is 11.6. The summed E-state index contributed by atoms with van der Waals surface area (Å²) in [6.45, 7) is 4.93. The minimum Gasteiger partial charge on any atom is -0.364 e. The minimum absolute atomic E-state index is 0.0558. The predicted molar refractivity (Wildman–Crippen MR) is 64.9 cm³/mol. The van der Waals surface area contributed by atoms with E-state index in [1.807, 2.05) is 18.3 Å². The number of carbonyl (C=O) groups is 1. The third-order valence-corrected chi connectivity index (χ3v) is 2.47. The number of aromatic amines is 1. The summed E-state index contributed by atoms with van der Waals surface area (Å²) < 4.78 is 0. The first-order valence-corrected chi connectivity index (χ1v) is 5.70. The molecule has 0 saturated carbocycles. The van der Waals surface area contributed by atoms with Crippen LogP contribution in [0, 0.1) is 5.92 Å². The van der Waals surface area contributed by atoms with E-state index in [0.29, 0.717) is 12.5 Å². The summed E-state index contributed by atoms with van der Waals surface area (Å²) in [6, 6.07) is 3.84. The van der Waals surface area contributed by atoms with Gasteiger partial charge < -0.3 is 15.6 Å². The molecule has 90 valence electrons. The topological polar surface area (TPSA) is 56.9 Å². The lowest BCUT2D eigenvalue weighted by Gasteiger charge is -2.18. The van der Waals surface area contributed by atoms with E-state index in [1.54, 1.807) is 7.05 Å². The van der Waals surface area contributed by atoms with E-state index in [4.69, 9.17) is 0 Å². The number of amides is 1. The van der Waals surface area contributed by atoms with Crippen molar-refractivity contribution in [1.82, 2.24) is 15.6 Å². The minimum atomic E-state index is -0.117. The second-order valence-electron chi connectivity index (χ2n) is 4.37. The van der Waals surface area contributed by atoms with E-state index in [0.717, 1.165) is 12.1 Å². The molecule has 0 aliphatic heterocycles. The number of nitrogens with one attached hydrogen (secondary N) is 3. The lowest BCUT2D eigenvalue weighted by Crippen LogP contribution is -2.43. The molecule has 0 aliphatic rings. The average molecular weight is 223 g/mol. The van der Waals surface area contributed by atoms with Gasteiger partial charge in [-0.1, -0.05) is 13.8 Å². The largest absolute Gasteiger partial charge is 0.364 e. The van der Waals surface area contributed by atoms with E-state index < -0.39 is 0 Å². The molecular weight excluding hydrogens is 202 g/mol. The maximum Gasteiger partial charge on any atom is 0.236 e. The van der Waals surface area contributed by atoms with Crippen molar-refractivity contribution < 1.29 is 4.79 Å². The van der Waals surface area contributed by atoms with Gasteiger partial charge in [0.1, 0.15) is 0 Å². The number of rotatable bonds is 6. The van der Waals surface area contributed by atoms with Gasteiger partial charge in [0.2, 0.25) is 5.91 Å². The van der Waals surface area contributed by atoms with E-state index in [-0.39, 0.29) is 11.9 Å². The Labute approximate surface area is 96.8 Å². The van der Waals surface area contributed by atoms with Crippen LogP contribution in [-0.4, -0.2) is 24.0 Å². The molecule has 1 atom stereocenters. The molecule has 0 fully saturated rings. The molecule has 4 nitrogen and oxygen atoms in total. The predicted octanol–water partition coefficient (Wildman–Crippen LogP) is 1.26. The molecule has 0 bridgehead atoms. The van der Waals surface area contributed by atoms with Gasteiger partial charge >= 0.3 is 0 Å². The van der Waals surface area contributed by atoms with Crippen LogP contribution in [0.15, 0.2) is 18.3 Å². The van der Waals surface area contributed by atoms with Crippen molar-refractivity contribution in [3.63, 3.8) is 0 Å². The Bertz CT molecular complexity index is 306. The molecule has 16 heavy (non-hydrogen) atoms. The van der Waals surface area contributed by atoms with Crippen LogP contribution >= 0.6 is 0 Å². The zero-order valence-corrected chi connectivity index (χ0v) is 10.2. The highest BCUT2D eigenvalue weighted by molar-refractivity contribution is 5.81. The number of H-pyrrole nitrogens is 1.